The van der Waals surface area contributed by atoms with Crippen LogP contribution in [0.15, 0.2) is 0 Å². The Balaban J connectivity index is 2.28. The molecule has 17 heavy (non-hydrogen) atoms. The minimum Gasteiger partial charge on any atom is -0.481 e. The third kappa shape index (κ3) is 3.91. The van der Waals surface area contributed by atoms with Crippen molar-refractivity contribution in [1.29, 1.82) is 0 Å². The Kier molecular flexibility index (Phi) is 4.01. The van der Waals surface area contributed by atoms with E-state index in [4.69, 9.17) is 9.84 Å². The van der Waals surface area contributed by atoms with Gasteiger partial charge in [0.2, 0.25) is 0 Å². The molecule has 98 valence electrons. The molecule has 0 aromatic carbocycles. The summed E-state index contributed by atoms with van der Waals surface area (Å²) in [5, 5.41) is 11.7. The van der Waals surface area contributed by atoms with Gasteiger partial charge in [0.15, 0.2) is 0 Å². The monoisotopic (exact) mass is 243 g/mol. The van der Waals surface area contributed by atoms with Crippen LogP contribution in [0.3, 0.4) is 0 Å². The largest absolute Gasteiger partial charge is 0.481 e. The van der Waals surface area contributed by atoms with E-state index in [1.807, 2.05) is 0 Å². The molecule has 0 aromatic rings. The molecule has 5 heteroatoms. The Bertz CT molecular complexity index is 302. The van der Waals surface area contributed by atoms with Crippen molar-refractivity contribution in [3.8, 4) is 0 Å². The van der Waals surface area contributed by atoms with Crippen LogP contribution in [-0.2, 0) is 9.53 Å². The molecule has 0 radical (unpaired) electrons. The number of rotatable bonds is 4. The molecule has 0 atom stereocenters. The Morgan fingerprint density at radius 1 is 1.35 bits per heavy atom. The Labute approximate surface area is 102 Å². The van der Waals surface area contributed by atoms with Crippen LogP contribution in [0.4, 0.5) is 4.79 Å². The summed E-state index contributed by atoms with van der Waals surface area (Å²) in [6, 6.07) is 0. The SMILES string of the molecule is CC(C)(C)OC(=O)NCCC1(C(=O)O)CCC1. The van der Waals surface area contributed by atoms with Gasteiger partial charge in [-0.2, -0.15) is 0 Å². The van der Waals surface area contributed by atoms with Crippen LogP contribution in [-0.4, -0.2) is 29.3 Å². The van der Waals surface area contributed by atoms with Crippen molar-refractivity contribution in [3.63, 3.8) is 0 Å². The van der Waals surface area contributed by atoms with Crippen molar-refractivity contribution in [2.75, 3.05) is 6.54 Å². The van der Waals surface area contributed by atoms with Crippen LogP contribution in [0.1, 0.15) is 46.5 Å². The number of amides is 1. The predicted octanol–water partition coefficient (Wildman–Crippen LogP) is 2.16. The zero-order chi connectivity index (χ0) is 13.1. The van der Waals surface area contributed by atoms with Crippen molar-refractivity contribution >= 4 is 12.1 Å². The fourth-order valence-corrected chi connectivity index (χ4v) is 1.89. The van der Waals surface area contributed by atoms with Gasteiger partial charge in [0, 0.05) is 6.54 Å². The summed E-state index contributed by atoms with van der Waals surface area (Å²) in [6.07, 6.45) is 2.36. The number of hydrogen-bond donors (Lipinski definition) is 2. The highest BCUT2D eigenvalue weighted by molar-refractivity contribution is 5.75. The van der Waals surface area contributed by atoms with Gasteiger partial charge in [-0.05, 0) is 40.0 Å². The summed E-state index contributed by atoms with van der Waals surface area (Å²) >= 11 is 0. The predicted molar refractivity (Wildman–Crippen MR) is 62.8 cm³/mol. The standard InChI is InChI=1S/C12H21NO4/c1-11(2,3)17-10(16)13-8-7-12(9(14)15)5-4-6-12/h4-8H2,1-3H3,(H,13,16)(H,14,15). The first kappa shape index (κ1) is 13.8. The quantitative estimate of drug-likeness (QED) is 0.793. The van der Waals surface area contributed by atoms with Crippen LogP contribution in [0.5, 0.6) is 0 Å². The van der Waals surface area contributed by atoms with Crippen LogP contribution in [0.25, 0.3) is 0 Å². The van der Waals surface area contributed by atoms with E-state index in [0.29, 0.717) is 25.8 Å². The van der Waals surface area contributed by atoms with E-state index in [2.05, 4.69) is 5.32 Å². The molecule has 0 heterocycles. The topological polar surface area (TPSA) is 75.6 Å². The van der Waals surface area contributed by atoms with Crippen LogP contribution in [0.2, 0.25) is 0 Å². The van der Waals surface area contributed by atoms with Gasteiger partial charge in [0.25, 0.3) is 0 Å². The third-order valence-corrected chi connectivity index (χ3v) is 3.04. The third-order valence-electron chi connectivity index (χ3n) is 3.04. The summed E-state index contributed by atoms with van der Waals surface area (Å²) in [7, 11) is 0. The van der Waals surface area contributed by atoms with Gasteiger partial charge in [0.05, 0.1) is 5.41 Å². The second-order valence-electron chi connectivity index (χ2n) is 5.62. The number of carbonyl (C=O) groups excluding carboxylic acids is 1. The molecular formula is C12H21NO4. The Hall–Kier alpha value is -1.26. The summed E-state index contributed by atoms with van der Waals surface area (Å²) < 4.78 is 5.07. The maximum absolute atomic E-state index is 11.3. The molecule has 0 unspecified atom stereocenters. The Morgan fingerprint density at radius 2 is 1.94 bits per heavy atom. The molecule has 0 spiro atoms. The Morgan fingerprint density at radius 3 is 2.29 bits per heavy atom. The molecule has 1 aliphatic carbocycles. The van der Waals surface area contributed by atoms with Gasteiger partial charge in [0.1, 0.15) is 5.60 Å². The zero-order valence-corrected chi connectivity index (χ0v) is 10.7. The van der Waals surface area contributed by atoms with Crippen molar-refractivity contribution in [1.82, 2.24) is 5.32 Å². The summed E-state index contributed by atoms with van der Waals surface area (Å²) in [4.78, 5) is 22.4. The second-order valence-corrected chi connectivity index (χ2v) is 5.62. The van der Waals surface area contributed by atoms with Gasteiger partial charge in [-0.25, -0.2) is 4.79 Å². The van der Waals surface area contributed by atoms with Crippen LogP contribution in [0, 0.1) is 5.41 Å². The van der Waals surface area contributed by atoms with Crippen LogP contribution >= 0.6 is 0 Å². The lowest BCUT2D eigenvalue weighted by Gasteiger charge is -2.37. The highest BCUT2D eigenvalue weighted by Crippen LogP contribution is 2.43. The molecule has 1 aliphatic rings. The van der Waals surface area contributed by atoms with Gasteiger partial charge >= 0.3 is 12.1 Å². The minimum atomic E-state index is -0.755. The van der Waals surface area contributed by atoms with Crippen molar-refractivity contribution < 1.29 is 19.4 Å². The number of carboxylic acid groups (broad SMARTS) is 1. The van der Waals surface area contributed by atoms with E-state index in [1.165, 1.54) is 0 Å². The molecule has 0 bridgehead atoms. The summed E-state index contributed by atoms with van der Waals surface area (Å²) in [6.45, 7) is 5.72. The lowest BCUT2D eigenvalue weighted by atomic mass is 9.67. The van der Waals surface area contributed by atoms with E-state index in [9.17, 15) is 9.59 Å². The maximum Gasteiger partial charge on any atom is 0.407 e. The average Bonchev–Trinajstić information content (AvgIpc) is 2.05. The number of alkyl carbamates (subject to hydrolysis) is 1. The molecule has 1 rings (SSSR count). The van der Waals surface area contributed by atoms with E-state index in [1.54, 1.807) is 20.8 Å². The normalized spacial score (nSPS) is 18.1. The van der Waals surface area contributed by atoms with E-state index < -0.39 is 23.1 Å². The zero-order valence-electron chi connectivity index (χ0n) is 10.7. The summed E-state index contributed by atoms with van der Waals surface area (Å²) in [5.74, 6) is -0.755. The molecule has 0 saturated heterocycles. The van der Waals surface area contributed by atoms with Crippen molar-refractivity contribution in [2.24, 2.45) is 5.41 Å². The first-order chi connectivity index (χ1) is 7.75. The molecule has 0 aromatic heterocycles. The fourth-order valence-electron chi connectivity index (χ4n) is 1.89. The van der Waals surface area contributed by atoms with Gasteiger partial charge in [-0.1, -0.05) is 6.42 Å². The minimum absolute atomic E-state index is 0.348. The summed E-state index contributed by atoms with van der Waals surface area (Å²) in [5.41, 5.74) is -1.14. The molecule has 1 saturated carbocycles. The highest BCUT2D eigenvalue weighted by atomic mass is 16.6. The smallest absolute Gasteiger partial charge is 0.407 e. The lowest BCUT2D eigenvalue weighted by molar-refractivity contribution is -0.155. The maximum atomic E-state index is 11.3. The first-order valence-corrected chi connectivity index (χ1v) is 5.95. The average molecular weight is 243 g/mol. The molecular weight excluding hydrogens is 222 g/mol. The second kappa shape index (κ2) is 4.94. The number of carboxylic acids is 1. The number of carbonyl (C=O) groups is 2. The molecule has 0 aliphatic heterocycles. The van der Waals surface area contributed by atoms with Crippen molar-refractivity contribution in [3.05, 3.63) is 0 Å². The lowest BCUT2D eigenvalue weighted by Crippen LogP contribution is -2.42. The van der Waals surface area contributed by atoms with Gasteiger partial charge < -0.3 is 15.2 Å². The van der Waals surface area contributed by atoms with Crippen LogP contribution < -0.4 is 5.32 Å². The van der Waals surface area contributed by atoms with Crippen molar-refractivity contribution in [2.45, 2.75) is 52.1 Å². The van der Waals surface area contributed by atoms with Gasteiger partial charge in [-0.15, -0.1) is 0 Å². The molecule has 5 nitrogen and oxygen atoms in total. The first-order valence-electron chi connectivity index (χ1n) is 5.95. The molecule has 1 fully saturated rings. The van der Waals surface area contributed by atoms with E-state index in [0.717, 1.165) is 6.42 Å². The van der Waals surface area contributed by atoms with E-state index in [-0.39, 0.29) is 0 Å². The number of ether oxygens (including phenoxy) is 1. The van der Waals surface area contributed by atoms with E-state index >= 15 is 0 Å². The number of aliphatic carboxylic acids is 1. The number of nitrogens with one attached hydrogen (secondary N) is 1. The highest BCUT2D eigenvalue weighted by Gasteiger charge is 2.43. The number of hydrogen-bond acceptors (Lipinski definition) is 3. The van der Waals surface area contributed by atoms with Gasteiger partial charge in [-0.3, -0.25) is 4.79 Å². The fraction of sp³-hybridized carbons (Fsp3) is 0.833. The molecule has 1 amide bonds. The molecule has 2 N–H and O–H groups in total.